The molecule has 2 aromatic carbocycles. The van der Waals surface area contributed by atoms with Crippen molar-refractivity contribution >= 4 is 29.0 Å². The molecule has 3 aromatic rings. The van der Waals surface area contributed by atoms with Crippen molar-refractivity contribution in [1.29, 1.82) is 0 Å². The molecule has 0 fully saturated rings. The largest absolute Gasteiger partial charge is 0.325 e. The van der Waals surface area contributed by atoms with Crippen molar-refractivity contribution < 1.29 is 9.72 Å². The van der Waals surface area contributed by atoms with E-state index < -0.39 is 4.92 Å². The van der Waals surface area contributed by atoms with E-state index in [1.807, 2.05) is 42.7 Å². The van der Waals surface area contributed by atoms with Crippen LogP contribution >= 0.6 is 11.8 Å². The first-order valence-corrected chi connectivity index (χ1v) is 9.64. The number of hydrogen-bond acceptors (Lipinski definition) is 6. The lowest BCUT2D eigenvalue weighted by atomic mass is 10.2. The quantitative estimate of drug-likeness (QED) is 0.368. The molecule has 0 radical (unpaired) electrons. The van der Waals surface area contributed by atoms with Crippen LogP contribution in [0.25, 0.3) is 11.4 Å². The number of thioether (sulfide) groups is 1. The van der Waals surface area contributed by atoms with Gasteiger partial charge in [-0.2, -0.15) is 0 Å². The minimum atomic E-state index is -0.443. The predicted octanol–water partition coefficient (Wildman–Crippen LogP) is 3.91. The molecule has 0 aliphatic carbocycles. The maximum Gasteiger partial charge on any atom is 0.270 e. The van der Waals surface area contributed by atoms with Crippen LogP contribution in [0.3, 0.4) is 0 Å². The van der Waals surface area contributed by atoms with Crippen LogP contribution in [0.2, 0.25) is 0 Å². The Morgan fingerprint density at radius 2 is 2.00 bits per heavy atom. The van der Waals surface area contributed by atoms with Gasteiger partial charge in [0.25, 0.3) is 5.69 Å². The van der Waals surface area contributed by atoms with Crippen molar-refractivity contribution in [1.82, 2.24) is 14.8 Å². The fraction of sp³-hybridized carbons (Fsp3) is 0.211. The van der Waals surface area contributed by atoms with E-state index >= 15 is 0 Å². The number of hydrogen-bond donors (Lipinski definition) is 1. The van der Waals surface area contributed by atoms with Gasteiger partial charge < -0.3 is 9.88 Å². The first kappa shape index (κ1) is 19.6. The molecule has 0 saturated carbocycles. The zero-order chi connectivity index (χ0) is 20.1. The highest BCUT2D eigenvalue weighted by Gasteiger charge is 2.16. The van der Waals surface area contributed by atoms with Crippen LogP contribution in [-0.4, -0.2) is 31.3 Å². The second-order valence-corrected chi connectivity index (χ2v) is 7.01. The smallest absolute Gasteiger partial charge is 0.270 e. The molecule has 1 amide bonds. The third-order valence-corrected chi connectivity index (χ3v) is 4.95. The van der Waals surface area contributed by atoms with E-state index in [0.29, 0.717) is 23.1 Å². The van der Waals surface area contributed by atoms with Crippen molar-refractivity contribution in [3.05, 3.63) is 64.2 Å². The molecule has 1 N–H and O–H groups in total. The summed E-state index contributed by atoms with van der Waals surface area (Å²) < 4.78 is 1.84. The Morgan fingerprint density at radius 1 is 1.21 bits per heavy atom. The number of nitrogens with one attached hydrogen (secondary N) is 1. The third-order valence-electron chi connectivity index (χ3n) is 3.98. The van der Waals surface area contributed by atoms with Crippen molar-refractivity contribution in [3.63, 3.8) is 0 Å². The Hall–Kier alpha value is -3.20. The lowest BCUT2D eigenvalue weighted by molar-refractivity contribution is -0.384. The Morgan fingerprint density at radius 3 is 2.71 bits per heavy atom. The van der Waals surface area contributed by atoms with Gasteiger partial charge in [-0.15, -0.1) is 10.2 Å². The van der Waals surface area contributed by atoms with E-state index in [1.165, 1.54) is 23.9 Å². The number of aryl methyl sites for hydroxylation is 1. The van der Waals surface area contributed by atoms with Crippen LogP contribution in [0.15, 0.2) is 53.7 Å². The summed E-state index contributed by atoms with van der Waals surface area (Å²) in [5.74, 6) is 0.576. The molecule has 28 heavy (non-hydrogen) atoms. The van der Waals surface area contributed by atoms with E-state index in [4.69, 9.17) is 0 Å². The van der Waals surface area contributed by atoms with Crippen LogP contribution in [0.4, 0.5) is 11.4 Å². The molecule has 0 spiro atoms. The number of carbonyl (C=O) groups is 1. The predicted molar refractivity (Wildman–Crippen MR) is 108 cm³/mol. The molecule has 0 aliphatic rings. The first-order chi connectivity index (χ1) is 13.5. The topological polar surface area (TPSA) is 103 Å². The number of benzene rings is 2. The summed E-state index contributed by atoms with van der Waals surface area (Å²) in [6.45, 7) is 4.47. The molecule has 144 valence electrons. The van der Waals surface area contributed by atoms with E-state index in [9.17, 15) is 14.9 Å². The summed E-state index contributed by atoms with van der Waals surface area (Å²) in [7, 11) is 0. The van der Waals surface area contributed by atoms with Gasteiger partial charge in [-0.1, -0.05) is 36.0 Å². The van der Waals surface area contributed by atoms with Gasteiger partial charge in [0.05, 0.1) is 10.7 Å². The van der Waals surface area contributed by atoms with Crippen molar-refractivity contribution in [2.45, 2.75) is 25.5 Å². The number of nitro benzene ring substituents is 1. The van der Waals surface area contributed by atoms with Crippen LogP contribution in [-0.2, 0) is 11.3 Å². The van der Waals surface area contributed by atoms with Crippen LogP contribution in [0.1, 0.15) is 12.5 Å². The van der Waals surface area contributed by atoms with Gasteiger partial charge in [0.1, 0.15) is 0 Å². The first-order valence-electron chi connectivity index (χ1n) is 8.65. The summed E-state index contributed by atoms with van der Waals surface area (Å²) >= 11 is 1.27. The van der Waals surface area contributed by atoms with Gasteiger partial charge in [-0.05, 0) is 31.5 Å². The fourth-order valence-corrected chi connectivity index (χ4v) is 3.50. The second-order valence-electron chi connectivity index (χ2n) is 6.06. The van der Waals surface area contributed by atoms with Crippen molar-refractivity contribution in [2.24, 2.45) is 0 Å². The molecule has 8 nitrogen and oxygen atoms in total. The molecule has 0 saturated heterocycles. The van der Waals surface area contributed by atoms with E-state index in [-0.39, 0.29) is 17.3 Å². The standard InChI is InChI=1S/C19H19N5O3S/c1-3-23-18(14-7-5-9-16(11-14)24(26)27)21-22-19(23)28-12-17(25)20-15-8-4-6-13(2)10-15/h4-11H,3,12H2,1-2H3,(H,20,25). The summed E-state index contributed by atoms with van der Waals surface area (Å²) in [5, 5.41) is 22.8. The lowest BCUT2D eigenvalue weighted by Gasteiger charge is -2.08. The van der Waals surface area contributed by atoms with Crippen LogP contribution < -0.4 is 5.32 Å². The Bertz CT molecular complexity index is 1020. The number of anilines is 1. The number of non-ortho nitro benzene ring substituents is 1. The van der Waals surface area contributed by atoms with Gasteiger partial charge in [0.15, 0.2) is 11.0 Å². The molecule has 9 heteroatoms. The maximum absolute atomic E-state index is 12.2. The van der Waals surface area contributed by atoms with Gasteiger partial charge in [-0.25, -0.2) is 0 Å². The average Bonchev–Trinajstić information content (AvgIpc) is 3.09. The highest BCUT2D eigenvalue weighted by Crippen LogP contribution is 2.26. The van der Waals surface area contributed by atoms with Gasteiger partial charge >= 0.3 is 0 Å². The third kappa shape index (κ3) is 4.55. The zero-order valence-corrected chi connectivity index (χ0v) is 16.3. The molecular formula is C19H19N5O3S. The van der Waals surface area contributed by atoms with Gasteiger partial charge in [0, 0.05) is 29.9 Å². The fourth-order valence-electron chi connectivity index (χ4n) is 2.70. The minimum Gasteiger partial charge on any atom is -0.325 e. The Balaban J connectivity index is 1.72. The molecule has 3 rings (SSSR count). The number of amides is 1. The zero-order valence-electron chi connectivity index (χ0n) is 15.5. The number of nitrogens with zero attached hydrogens (tertiary/aromatic N) is 4. The minimum absolute atomic E-state index is 0.00473. The summed E-state index contributed by atoms with van der Waals surface area (Å²) in [4.78, 5) is 22.8. The van der Waals surface area contributed by atoms with E-state index in [2.05, 4.69) is 15.5 Å². The molecular weight excluding hydrogens is 378 g/mol. The molecule has 0 bridgehead atoms. The maximum atomic E-state index is 12.2. The highest BCUT2D eigenvalue weighted by atomic mass is 32.2. The normalized spacial score (nSPS) is 10.6. The monoisotopic (exact) mass is 397 g/mol. The van der Waals surface area contributed by atoms with Gasteiger partial charge in [-0.3, -0.25) is 14.9 Å². The Labute approximate surface area is 166 Å². The number of nitro groups is 1. The highest BCUT2D eigenvalue weighted by molar-refractivity contribution is 7.99. The molecule has 1 aromatic heterocycles. The number of rotatable bonds is 7. The molecule has 1 heterocycles. The van der Waals surface area contributed by atoms with Crippen LogP contribution in [0.5, 0.6) is 0 Å². The SMILES string of the molecule is CCn1c(SCC(=O)Nc2cccc(C)c2)nnc1-c1cccc([N+](=O)[O-])c1. The van der Waals surface area contributed by atoms with E-state index in [0.717, 1.165) is 11.3 Å². The Kier molecular flexibility index (Phi) is 6.05. The number of aromatic nitrogens is 3. The molecule has 0 atom stereocenters. The number of carbonyl (C=O) groups excluding carboxylic acids is 1. The van der Waals surface area contributed by atoms with E-state index in [1.54, 1.807) is 12.1 Å². The summed E-state index contributed by atoms with van der Waals surface area (Å²) in [6.07, 6.45) is 0. The second kappa shape index (κ2) is 8.66. The summed E-state index contributed by atoms with van der Waals surface area (Å²) in [6, 6.07) is 13.9. The lowest BCUT2D eigenvalue weighted by Crippen LogP contribution is -2.14. The molecule has 0 aliphatic heterocycles. The summed E-state index contributed by atoms with van der Waals surface area (Å²) in [5.41, 5.74) is 2.42. The van der Waals surface area contributed by atoms with Crippen LogP contribution in [0, 0.1) is 17.0 Å². The molecule has 0 unspecified atom stereocenters. The van der Waals surface area contributed by atoms with Crippen molar-refractivity contribution in [2.75, 3.05) is 11.1 Å². The average molecular weight is 397 g/mol. The van der Waals surface area contributed by atoms with Gasteiger partial charge in [0.2, 0.25) is 5.91 Å². The van der Waals surface area contributed by atoms with Crippen molar-refractivity contribution in [3.8, 4) is 11.4 Å².